The van der Waals surface area contributed by atoms with Gasteiger partial charge in [0.15, 0.2) is 0 Å². The van der Waals surface area contributed by atoms with Crippen LogP contribution in [0.25, 0.3) is 0 Å². The van der Waals surface area contributed by atoms with Crippen LogP contribution >= 0.6 is 0 Å². The Kier molecular flexibility index (Phi) is 4.39. The van der Waals surface area contributed by atoms with E-state index in [0.29, 0.717) is 0 Å². The molecule has 4 nitrogen and oxygen atoms in total. The van der Waals surface area contributed by atoms with Crippen molar-refractivity contribution in [3.05, 3.63) is 59.2 Å². The molecule has 22 heavy (non-hydrogen) atoms. The molecule has 2 amide bonds. The van der Waals surface area contributed by atoms with Crippen molar-refractivity contribution in [3.8, 4) is 0 Å². The van der Waals surface area contributed by atoms with Crippen LogP contribution in [0, 0.1) is 0 Å². The second-order valence-corrected chi connectivity index (χ2v) is 5.54. The molecular formula is C18H21N3O. The summed E-state index contributed by atoms with van der Waals surface area (Å²) in [5.74, 6) is 0. The number of hydrogen-bond acceptors (Lipinski definition) is 2. The number of carbonyl (C=O) groups excluding carboxylic acids is 1. The fourth-order valence-electron chi connectivity index (χ4n) is 2.72. The van der Waals surface area contributed by atoms with E-state index in [4.69, 9.17) is 0 Å². The van der Waals surface area contributed by atoms with Gasteiger partial charge in [-0.25, -0.2) is 4.79 Å². The van der Waals surface area contributed by atoms with E-state index in [0.717, 1.165) is 37.3 Å². The number of benzene rings is 2. The highest BCUT2D eigenvalue weighted by molar-refractivity contribution is 5.99. The smallest absolute Gasteiger partial charge is 0.312 e. The Morgan fingerprint density at radius 2 is 1.91 bits per heavy atom. The average molecular weight is 295 g/mol. The molecule has 0 fully saturated rings. The van der Waals surface area contributed by atoms with Crippen LogP contribution in [0.2, 0.25) is 0 Å². The zero-order valence-corrected chi connectivity index (χ0v) is 12.8. The quantitative estimate of drug-likeness (QED) is 0.811. The van der Waals surface area contributed by atoms with Crippen molar-refractivity contribution in [2.45, 2.75) is 26.3 Å². The summed E-state index contributed by atoms with van der Waals surface area (Å²) in [5.41, 5.74) is 5.49. The Morgan fingerprint density at radius 3 is 2.73 bits per heavy atom. The monoisotopic (exact) mass is 295 g/mol. The molecule has 0 bridgehead atoms. The first-order valence-electron chi connectivity index (χ1n) is 7.74. The molecule has 0 aliphatic carbocycles. The number of fused-ring (bicyclic) bond motifs is 1. The fraction of sp³-hybridized carbons (Fsp3) is 0.278. The molecule has 0 radical (unpaired) electrons. The second kappa shape index (κ2) is 6.62. The molecule has 0 saturated carbocycles. The van der Waals surface area contributed by atoms with Crippen molar-refractivity contribution in [2.24, 2.45) is 0 Å². The lowest BCUT2D eigenvalue weighted by Gasteiger charge is -2.18. The lowest BCUT2D eigenvalue weighted by atomic mass is 10.0. The predicted molar refractivity (Wildman–Crippen MR) is 90.3 cm³/mol. The molecule has 3 rings (SSSR count). The van der Waals surface area contributed by atoms with Crippen LogP contribution in [0.4, 0.5) is 16.2 Å². The molecule has 0 atom stereocenters. The van der Waals surface area contributed by atoms with Gasteiger partial charge in [0.25, 0.3) is 0 Å². The van der Waals surface area contributed by atoms with Gasteiger partial charge in [-0.3, -0.25) is 0 Å². The molecular weight excluding hydrogens is 274 g/mol. The van der Waals surface area contributed by atoms with E-state index in [-0.39, 0.29) is 6.03 Å². The Balaban J connectivity index is 1.66. The maximum Gasteiger partial charge on any atom is 0.323 e. The number of carbonyl (C=O) groups is 1. The zero-order valence-electron chi connectivity index (χ0n) is 12.8. The van der Waals surface area contributed by atoms with Crippen molar-refractivity contribution in [1.82, 2.24) is 5.32 Å². The summed E-state index contributed by atoms with van der Waals surface area (Å²) in [7, 11) is 0. The maximum absolute atomic E-state index is 12.1. The second-order valence-electron chi connectivity index (χ2n) is 5.54. The van der Waals surface area contributed by atoms with Crippen molar-refractivity contribution in [3.63, 3.8) is 0 Å². The highest BCUT2D eigenvalue weighted by atomic mass is 16.2. The summed E-state index contributed by atoms with van der Waals surface area (Å²) in [5, 5.41) is 9.14. The van der Waals surface area contributed by atoms with Crippen molar-refractivity contribution < 1.29 is 4.79 Å². The van der Waals surface area contributed by atoms with Crippen LogP contribution in [-0.2, 0) is 19.4 Å². The molecule has 2 aromatic carbocycles. The first-order valence-corrected chi connectivity index (χ1v) is 7.74. The van der Waals surface area contributed by atoms with E-state index in [9.17, 15) is 4.79 Å². The van der Waals surface area contributed by atoms with E-state index in [1.807, 2.05) is 24.3 Å². The summed E-state index contributed by atoms with van der Waals surface area (Å²) in [6, 6.07) is 13.8. The van der Waals surface area contributed by atoms with E-state index in [2.05, 4.69) is 41.1 Å². The number of rotatable bonds is 3. The normalized spacial score (nSPS) is 13.3. The molecule has 3 N–H and O–H groups in total. The van der Waals surface area contributed by atoms with Crippen molar-refractivity contribution in [1.29, 1.82) is 0 Å². The molecule has 0 aromatic heterocycles. The molecule has 1 aliphatic rings. The number of aryl methyl sites for hydroxylation is 1. The summed E-state index contributed by atoms with van der Waals surface area (Å²) in [6.45, 7) is 4.00. The molecule has 1 heterocycles. The Hall–Kier alpha value is -2.33. The molecule has 114 valence electrons. The number of urea groups is 1. The number of amides is 2. The van der Waals surface area contributed by atoms with Crippen LogP contribution in [0.15, 0.2) is 42.5 Å². The van der Waals surface area contributed by atoms with Gasteiger partial charge in [-0.1, -0.05) is 25.1 Å². The first kappa shape index (κ1) is 14.6. The molecule has 4 heteroatoms. The molecule has 0 spiro atoms. The lowest BCUT2D eigenvalue weighted by molar-refractivity contribution is 0.262. The van der Waals surface area contributed by atoms with E-state index in [1.165, 1.54) is 16.7 Å². The van der Waals surface area contributed by atoms with Gasteiger partial charge in [0, 0.05) is 17.9 Å². The van der Waals surface area contributed by atoms with Gasteiger partial charge in [0.2, 0.25) is 0 Å². The number of hydrogen-bond donors (Lipinski definition) is 3. The topological polar surface area (TPSA) is 53.2 Å². The summed E-state index contributed by atoms with van der Waals surface area (Å²) in [4.78, 5) is 12.1. The van der Waals surface area contributed by atoms with Crippen LogP contribution < -0.4 is 16.0 Å². The largest absolute Gasteiger partial charge is 0.323 e. The Morgan fingerprint density at radius 1 is 1.09 bits per heavy atom. The maximum atomic E-state index is 12.1. The highest BCUT2D eigenvalue weighted by Crippen LogP contribution is 2.19. The summed E-state index contributed by atoms with van der Waals surface area (Å²) < 4.78 is 0. The SMILES string of the molecule is CCc1cccc(NC(=O)Nc2ccc3c(c2)CCNC3)c1. The number of nitrogens with one attached hydrogen (secondary N) is 3. The third kappa shape index (κ3) is 3.46. The lowest BCUT2D eigenvalue weighted by Crippen LogP contribution is -2.24. The number of anilines is 2. The molecule has 2 aromatic rings. The van der Waals surface area contributed by atoms with E-state index in [1.54, 1.807) is 0 Å². The summed E-state index contributed by atoms with van der Waals surface area (Å²) in [6.07, 6.45) is 1.96. The predicted octanol–water partition coefficient (Wildman–Crippen LogP) is 3.54. The third-order valence-corrected chi connectivity index (χ3v) is 3.94. The van der Waals surface area contributed by atoms with E-state index < -0.39 is 0 Å². The van der Waals surface area contributed by atoms with Gasteiger partial charge in [-0.2, -0.15) is 0 Å². The standard InChI is InChI=1S/C18H21N3O/c1-2-13-4-3-5-16(10-13)20-18(22)21-17-7-6-15-12-19-9-8-14(15)11-17/h3-7,10-11,19H,2,8-9,12H2,1H3,(H2,20,21,22). The third-order valence-electron chi connectivity index (χ3n) is 3.94. The van der Waals surface area contributed by atoms with Crippen molar-refractivity contribution >= 4 is 17.4 Å². The van der Waals surface area contributed by atoms with Gasteiger partial charge < -0.3 is 16.0 Å². The van der Waals surface area contributed by atoms with Gasteiger partial charge >= 0.3 is 6.03 Å². The Labute approximate surface area is 130 Å². The molecule has 0 saturated heterocycles. The van der Waals surface area contributed by atoms with Crippen LogP contribution in [0.3, 0.4) is 0 Å². The highest BCUT2D eigenvalue weighted by Gasteiger charge is 2.10. The molecule has 1 aliphatic heterocycles. The van der Waals surface area contributed by atoms with Gasteiger partial charge in [0.05, 0.1) is 0 Å². The minimum atomic E-state index is -0.206. The zero-order chi connectivity index (χ0) is 15.4. The van der Waals surface area contributed by atoms with Gasteiger partial charge in [-0.05, 0) is 60.3 Å². The summed E-state index contributed by atoms with van der Waals surface area (Å²) >= 11 is 0. The van der Waals surface area contributed by atoms with Crippen LogP contribution in [-0.4, -0.2) is 12.6 Å². The minimum absolute atomic E-state index is 0.206. The van der Waals surface area contributed by atoms with Gasteiger partial charge in [0.1, 0.15) is 0 Å². The minimum Gasteiger partial charge on any atom is -0.312 e. The van der Waals surface area contributed by atoms with E-state index >= 15 is 0 Å². The fourth-order valence-corrected chi connectivity index (χ4v) is 2.72. The average Bonchev–Trinajstić information content (AvgIpc) is 2.55. The first-order chi connectivity index (χ1) is 10.7. The molecule has 0 unspecified atom stereocenters. The van der Waals surface area contributed by atoms with Crippen molar-refractivity contribution in [2.75, 3.05) is 17.2 Å². The van der Waals surface area contributed by atoms with Gasteiger partial charge in [-0.15, -0.1) is 0 Å². The van der Waals surface area contributed by atoms with Crippen LogP contribution in [0.5, 0.6) is 0 Å². The van der Waals surface area contributed by atoms with Crippen LogP contribution in [0.1, 0.15) is 23.6 Å². The Bertz CT molecular complexity index is 682.